The highest BCUT2D eigenvalue weighted by Gasteiger charge is 2.22. The Morgan fingerprint density at radius 3 is 3.14 bits per heavy atom. The summed E-state index contributed by atoms with van der Waals surface area (Å²) in [4.78, 5) is 0. The summed E-state index contributed by atoms with van der Waals surface area (Å²) >= 11 is 0. The van der Waals surface area contributed by atoms with Crippen molar-refractivity contribution in [1.82, 2.24) is 4.57 Å². The van der Waals surface area contributed by atoms with Crippen molar-refractivity contribution in [3.05, 3.63) is 35.5 Å². The van der Waals surface area contributed by atoms with Gasteiger partial charge in [-0.2, -0.15) is 0 Å². The Morgan fingerprint density at radius 1 is 1.43 bits per heavy atom. The lowest BCUT2D eigenvalue weighted by Crippen LogP contribution is -1.93. The first-order valence-corrected chi connectivity index (χ1v) is 5.04. The molecule has 2 nitrogen and oxygen atoms in total. The van der Waals surface area contributed by atoms with Gasteiger partial charge in [-0.25, -0.2) is 0 Å². The van der Waals surface area contributed by atoms with Crippen LogP contribution in [0.15, 0.2) is 24.3 Å². The highest BCUT2D eigenvalue weighted by atomic mass is 16.3. The lowest BCUT2D eigenvalue weighted by atomic mass is 10.1. The number of nitrogens with zero attached hydrogens (tertiary/aromatic N) is 1. The van der Waals surface area contributed by atoms with E-state index in [1.807, 2.05) is 0 Å². The molecule has 72 valence electrons. The second-order valence-electron chi connectivity index (χ2n) is 4.04. The maximum Gasteiger partial charge on any atom is 0.0957 e. The van der Waals surface area contributed by atoms with Crippen molar-refractivity contribution in [2.24, 2.45) is 0 Å². The molecule has 2 aromatic rings. The van der Waals surface area contributed by atoms with Gasteiger partial charge in [0.1, 0.15) is 0 Å². The number of rotatable bonds is 0. The number of aliphatic hydroxyl groups is 1. The van der Waals surface area contributed by atoms with E-state index >= 15 is 0 Å². The number of aryl methyl sites for hydroxylation is 2. The van der Waals surface area contributed by atoms with Crippen molar-refractivity contribution in [2.45, 2.75) is 26.0 Å². The first kappa shape index (κ1) is 8.06. The van der Waals surface area contributed by atoms with Crippen LogP contribution in [0.2, 0.25) is 0 Å². The molecule has 0 aliphatic carbocycles. The minimum Gasteiger partial charge on any atom is -0.387 e. The molecule has 1 aliphatic rings. The summed E-state index contributed by atoms with van der Waals surface area (Å²) in [5.41, 5.74) is 3.66. The van der Waals surface area contributed by atoms with Crippen molar-refractivity contribution in [1.29, 1.82) is 0 Å². The lowest BCUT2D eigenvalue weighted by Gasteiger charge is -2.02. The van der Waals surface area contributed by atoms with Crippen LogP contribution in [0.25, 0.3) is 10.9 Å². The number of aromatic nitrogens is 1. The van der Waals surface area contributed by atoms with E-state index < -0.39 is 0 Å². The number of hydrogen-bond acceptors (Lipinski definition) is 1. The molecule has 0 spiro atoms. The zero-order valence-corrected chi connectivity index (χ0v) is 8.20. The summed E-state index contributed by atoms with van der Waals surface area (Å²) in [6, 6.07) is 8.42. The maximum atomic E-state index is 9.75. The van der Waals surface area contributed by atoms with Crippen LogP contribution in [-0.4, -0.2) is 9.67 Å². The fourth-order valence-electron chi connectivity index (χ4n) is 2.45. The van der Waals surface area contributed by atoms with Gasteiger partial charge < -0.3 is 9.67 Å². The quantitative estimate of drug-likeness (QED) is 0.673. The second-order valence-corrected chi connectivity index (χ2v) is 4.04. The average Bonchev–Trinajstić information content (AvgIpc) is 2.68. The Morgan fingerprint density at radius 2 is 2.29 bits per heavy atom. The van der Waals surface area contributed by atoms with E-state index in [-0.39, 0.29) is 6.10 Å². The number of aliphatic hydroxyl groups excluding tert-OH is 1. The van der Waals surface area contributed by atoms with E-state index in [9.17, 15) is 5.11 Å². The lowest BCUT2D eigenvalue weighted by molar-refractivity contribution is 0.180. The largest absolute Gasteiger partial charge is 0.387 e. The topological polar surface area (TPSA) is 25.2 Å². The van der Waals surface area contributed by atoms with Crippen molar-refractivity contribution >= 4 is 10.9 Å². The predicted octanol–water partition coefficient (Wildman–Crippen LogP) is 2.39. The Balaban J connectivity index is 2.41. The maximum absolute atomic E-state index is 9.75. The third kappa shape index (κ3) is 0.891. The summed E-state index contributed by atoms with van der Waals surface area (Å²) in [6.45, 7) is 3.07. The monoisotopic (exact) mass is 187 g/mol. The molecular weight excluding hydrogens is 174 g/mol. The third-order valence-corrected chi connectivity index (χ3v) is 3.12. The van der Waals surface area contributed by atoms with E-state index in [1.165, 1.54) is 16.5 Å². The molecular formula is C12H13NO. The van der Waals surface area contributed by atoms with Gasteiger partial charge in [-0.05, 0) is 25.0 Å². The van der Waals surface area contributed by atoms with Crippen LogP contribution in [-0.2, 0) is 6.54 Å². The summed E-state index contributed by atoms with van der Waals surface area (Å²) in [6.07, 6.45) is 0.598. The van der Waals surface area contributed by atoms with Crippen molar-refractivity contribution < 1.29 is 5.11 Å². The minimum absolute atomic E-state index is 0.262. The van der Waals surface area contributed by atoms with E-state index in [4.69, 9.17) is 0 Å². The molecule has 1 atom stereocenters. The fourth-order valence-corrected chi connectivity index (χ4v) is 2.45. The molecule has 0 fully saturated rings. The van der Waals surface area contributed by atoms with Crippen LogP contribution >= 0.6 is 0 Å². The van der Waals surface area contributed by atoms with Gasteiger partial charge in [0.15, 0.2) is 0 Å². The van der Waals surface area contributed by atoms with Crippen LogP contribution < -0.4 is 0 Å². The van der Waals surface area contributed by atoms with Gasteiger partial charge in [0.25, 0.3) is 0 Å². The van der Waals surface area contributed by atoms with Gasteiger partial charge >= 0.3 is 0 Å². The molecule has 1 aliphatic heterocycles. The molecule has 2 heterocycles. The Hall–Kier alpha value is -1.28. The highest BCUT2D eigenvalue weighted by molar-refractivity contribution is 5.84. The number of hydrogen-bond donors (Lipinski definition) is 1. The Labute approximate surface area is 82.8 Å². The molecule has 0 saturated carbocycles. The third-order valence-electron chi connectivity index (χ3n) is 3.12. The van der Waals surface area contributed by atoms with Gasteiger partial charge in [-0.3, -0.25) is 0 Å². The first-order chi connectivity index (χ1) is 6.77. The minimum atomic E-state index is -0.262. The standard InChI is InChI=1S/C12H13NO/c1-8-3-2-4-9-7-10-11(14)5-6-13(10)12(8)9/h2-4,7,11,14H,5-6H2,1H3. The van der Waals surface area contributed by atoms with Crippen LogP contribution in [0.5, 0.6) is 0 Å². The molecule has 0 radical (unpaired) electrons. The molecule has 0 saturated heterocycles. The van der Waals surface area contributed by atoms with E-state index in [2.05, 4.69) is 35.8 Å². The molecule has 0 bridgehead atoms. The average molecular weight is 187 g/mol. The summed E-state index contributed by atoms with van der Waals surface area (Å²) in [7, 11) is 0. The molecule has 1 aromatic heterocycles. The molecule has 1 unspecified atom stereocenters. The van der Waals surface area contributed by atoms with Crippen molar-refractivity contribution in [2.75, 3.05) is 0 Å². The van der Waals surface area contributed by atoms with Gasteiger partial charge in [0.05, 0.1) is 11.6 Å². The van der Waals surface area contributed by atoms with Crippen LogP contribution in [0.3, 0.4) is 0 Å². The van der Waals surface area contributed by atoms with Gasteiger partial charge in [-0.1, -0.05) is 18.2 Å². The molecule has 0 amide bonds. The van der Waals surface area contributed by atoms with E-state index in [1.54, 1.807) is 0 Å². The van der Waals surface area contributed by atoms with Crippen molar-refractivity contribution in [3.8, 4) is 0 Å². The zero-order chi connectivity index (χ0) is 9.71. The van der Waals surface area contributed by atoms with Gasteiger partial charge in [0.2, 0.25) is 0 Å². The Bertz CT molecular complexity index is 498. The smallest absolute Gasteiger partial charge is 0.0957 e. The van der Waals surface area contributed by atoms with Gasteiger partial charge in [0, 0.05) is 17.6 Å². The molecule has 14 heavy (non-hydrogen) atoms. The van der Waals surface area contributed by atoms with Crippen LogP contribution in [0.4, 0.5) is 0 Å². The molecule has 1 N–H and O–H groups in total. The fraction of sp³-hybridized carbons (Fsp3) is 0.333. The summed E-state index contributed by atoms with van der Waals surface area (Å²) < 4.78 is 2.25. The molecule has 3 rings (SSSR count). The zero-order valence-electron chi connectivity index (χ0n) is 8.20. The number of fused-ring (bicyclic) bond motifs is 3. The molecule has 2 heteroatoms. The number of benzene rings is 1. The summed E-state index contributed by atoms with van der Waals surface area (Å²) in [5, 5.41) is 11.0. The van der Waals surface area contributed by atoms with Crippen molar-refractivity contribution in [3.63, 3.8) is 0 Å². The van der Waals surface area contributed by atoms with Crippen LogP contribution in [0.1, 0.15) is 23.8 Å². The predicted molar refractivity (Wildman–Crippen MR) is 56.3 cm³/mol. The summed E-state index contributed by atoms with van der Waals surface area (Å²) in [5.74, 6) is 0. The number of para-hydroxylation sites is 1. The van der Waals surface area contributed by atoms with Gasteiger partial charge in [-0.15, -0.1) is 0 Å². The first-order valence-electron chi connectivity index (χ1n) is 5.04. The normalized spacial score (nSPS) is 20.3. The molecule has 1 aromatic carbocycles. The Kier molecular flexibility index (Phi) is 1.50. The highest BCUT2D eigenvalue weighted by Crippen LogP contribution is 2.33. The SMILES string of the molecule is Cc1cccc2cc3n(c12)CCC3O. The van der Waals surface area contributed by atoms with E-state index in [0.29, 0.717) is 0 Å². The van der Waals surface area contributed by atoms with E-state index in [0.717, 1.165) is 18.7 Å². The second kappa shape index (κ2) is 2.61. The van der Waals surface area contributed by atoms with Crippen LogP contribution in [0, 0.1) is 6.92 Å².